The summed E-state index contributed by atoms with van der Waals surface area (Å²) >= 11 is 0. The standard InChI is InChI=1S/C3H7N.CH2O2.2H3N.H2O5S/c1-2-3-4;2-1-3;;;1-5-6(2,3)4/h2H,1,3-4H2;1H,(H,2,3);2*1H3;1H,(H,2,3,4). The molecule has 0 fully saturated rings. The summed E-state index contributed by atoms with van der Waals surface area (Å²) in [6.45, 7) is 3.69. The molecule has 0 aromatic heterocycles. The Bertz CT molecular complexity index is 204. The van der Waals surface area contributed by atoms with Crippen molar-refractivity contribution in [2.75, 3.05) is 6.54 Å². The van der Waals surface area contributed by atoms with Crippen molar-refractivity contribution >= 4 is 16.9 Å². The molecular formula is C4H17N3O7S. The fraction of sp³-hybridized carbons (Fsp3) is 0.250. The molecule has 0 saturated heterocycles. The van der Waals surface area contributed by atoms with Crippen LogP contribution in [0, 0.1) is 0 Å². The number of hydrogen-bond acceptors (Lipinski definition) is 8. The zero-order valence-electron chi connectivity index (χ0n) is 7.94. The van der Waals surface area contributed by atoms with Crippen LogP contribution in [-0.4, -0.2) is 36.4 Å². The van der Waals surface area contributed by atoms with E-state index >= 15 is 0 Å². The van der Waals surface area contributed by atoms with E-state index in [1.54, 1.807) is 6.08 Å². The van der Waals surface area contributed by atoms with Gasteiger partial charge in [-0.1, -0.05) is 10.4 Å². The maximum Gasteiger partial charge on any atom is 0.423 e. The third kappa shape index (κ3) is 181. The molecule has 0 aliphatic heterocycles. The Morgan fingerprint density at radius 1 is 1.40 bits per heavy atom. The first kappa shape index (κ1) is 29.2. The largest absolute Gasteiger partial charge is 0.483 e. The van der Waals surface area contributed by atoms with E-state index in [1.165, 1.54) is 0 Å². The van der Waals surface area contributed by atoms with Gasteiger partial charge in [0.05, 0.1) is 0 Å². The van der Waals surface area contributed by atoms with Gasteiger partial charge in [-0.05, 0) is 0 Å². The van der Waals surface area contributed by atoms with Crippen LogP contribution in [0.5, 0.6) is 0 Å². The van der Waals surface area contributed by atoms with Crippen molar-refractivity contribution in [3.05, 3.63) is 12.7 Å². The third-order valence-electron chi connectivity index (χ3n) is 0.261. The fourth-order valence-electron chi connectivity index (χ4n) is 0. The highest BCUT2D eigenvalue weighted by Gasteiger charge is 1.97. The minimum Gasteiger partial charge on any atom is -0.483 e. The second-order valence-electron chi connectivity index (χ2n) is 1.13. The van der Waals surface area contributed by atoms with Gasteiger partial charge in [-0.15, -0.1) is 6.58 Å². The highest BCUT2D eigenvalue weighted by Crippen LogP contribution is 1.74. The smallest absolute Gasteiger partial charge is 0.423 e. The average Bonchev–Trinajstić information content (AvgIpc) is 2.05. The molecule has 0 heterocycles. The van der Waals surface area contributed by atoms with Gasteiger partial charge in [0.15, 0.2) is 0 Å². The number of rotatable bonds is 2. The van der Waals surface area contributed by atoms with E-state index in [4.69, 9.17) is 33.9 Å². The Balaban J connectivity index is -0.0000000332. The second kappa shape index (κ2) is 23.1. The van der Waals surface area contributed by atoms with Crippen LogP contribution in [0.3, 0.4) is 0 Å². The molecule has 0 atom stereocenters. The maximum atomic E-state index is 9.08. The van der Waals surface area contributed by atoms with E-state index in [-0.39, 0.29) is 18.8 Å². The van der Waals surface area contributed by atoms with E-state index in [1.807, 2.05) is 0 Å². The number of carboxylic acid groups (broad SMARTS) is 1. The lowest BCUT2D eigenvalue weighted by atomic mass is 10.7. The monoisotopic (exact) mass is 251 g/mol. The Morgan fingerprint density at radius 3 is 1.53 bits per heavy atom. The molecule has 0 aromatic rings. The molecule has 0 rings (SSSR count). The molecule has 96 valence electrons. The predicted molar refractivity (Wildman–Crippen MR) is 53.3 cm³/mol. The molecule has 11 heteroatoms. The number of nitrogens with two attached hydrogens (primary N) is 1. The third-order valence-corrected chi connectivity index (χ3v) is 0.449. The van der Waals surface area contributed by atoms with Gasteiger partial charge in [0.25, 0.3) is 6.47 Å². The molecule has 15 heavy (non-hydrogen) atoms. The molecule has 0 unspecified atom stereocenters. The summed E-state index contributed by atoms with van der Waals surface area (Å²) in [5.74, 6) is 0. The Labute approximate surface area is 87.4 Å². The van der Waals surface area contributed by atoms with Crippen LogP contribution >= 0.6 is 0 Å². The highest BCUT2D eigenvalue weighted by atomic mass is 32.3. The van der Waals surface area contributed by atoms with Crippen molar-refractivity contribution in [1.29, 1.82) is 0 Å². The van der Waals surface area contributed by atoms with Gasteiger partial charge in [0.1, 0.15) is 0 Å². The quantitative estimate of drug-likeness (QED) is 0.121. The first-order chi connectivity index (χ1) is 5.89. The van der Waals surface area contributed by atoms with Crippen LogP contribution in [0.2, 0.25) is 0 Å². The summed E-state index contributed by atoms with van der Waals surface area (Å²) in [6.07, 6.45) is 1.65. The first-order valence-electron chi connectivity index (χ1n) is 2.58. The van der Waals surface area contributed by atoms with Crippen LogP contribution in [0.1, 0.15) is 0 Å². The van der Waals surface area contributed by atoms with Crippen LogP contribution in [-0.2, 0) is 19.5 Å². The normalized spacial score (nSPS) is 7.13. The lowest BCUT2D eigenvalue weighted by Gasteiger charge is -1.79. The molecule has 10 nitrogen and oxygen atoms in total. The molecule has 0 amide bonds. The van der Waals surface area contributed by atoms with Crippen molar-refractivity contribution in [2.45, 2.75) is 0 Å². The summed E-state index contributed by atoms with van der Waals surface area (Å²) in [7, 11) is -4.61. The molecular weight excluding hydrogens is 234 g/mol. The van der Waals surface area contributed by atoms with Gasteiger partial charge in [0, 0.05) is 6.54 Å². The summed E-state index contributed by atoms with van der Waals surface area (Å²) in [6, 6.07) is 0. The number of carbonyl (C=O) groups is 1. The summed E-state index contributed by atoms with van der Waals surface area (Å²) in [5.41, 5.74) is 4.91. The van der Waals surface area contributed by atoms with E-state index in [0.29, 0.717) is 6.54 Å². The van der Waals surface area contributed by atoms with Crippen LogP contribution in [0.15, 0.2) is 12.7 Å². The molecule has 0 saturated carbocycles. The Morgan fingerprint density at radius 2 is 1.53 bits per heavy atom. The van der Waals surface area contributed by atoms with Crippen LogP contribution in [0.4, 0.5) is 0 Å². The summed E-state index contributed by atoms with van der Waals surface area (Å²) < 4.78 is 28.0. The van der Waals surface area contributed by atoms with Crippen LogP contribution < -0.4 is 18.0 Å². The zero-order chi connectivity index (χ0) is 11.3. The predicted octanol–water partition coefficient (Wildman–Crippen LogP) is -0.565. The van der Waals surface area contributed by atoms with Gasteiger partial charge in [0.2, 0.25) is 0 Å². The summed E-state index contributed by atoms with van der Waals surface area (Å²) in [4.78, 5) is 8.36. The van der Waals surface area contributed by atoms with E-state index in [9.17, 15) is 0 Å². The minimum absolute atomic E-state index is 0. The van der Waals surface area contributed by atoms with Gasteiger partial charge >= 0.3 is 10.4 Å². The molecule has 11 N–H and O–H groups in total. The molecule has 0 aromatic carbocycles. The summed E-state index contributed by atoms with van der Waals surface area (Å²) in [5, 5.41) is 14.0. The van der Waals surface area contributed by atoms with Gasteiger partial charge in [-0.3, -0.25) is 9.35 Å². The van der Waals surface area contributed by atoms with E-state index in [0.717, 1.165) is 0 Å². The van der Waals surface area contributed by atoms with Gasteiger partial charge < -0.3 is 23.1 Å². The molecule has 0 spiro atoms. The molecule has 0 aliphatic rings. The average molecular weight is 251 g/mol. The first-order valence-corrected chi connectivity index (χ1v) is 3.95. The SMILES string of the molecule is C=CCN.N.N.O=CO.O=S(=O)(O)OO. The number of hydrogen-bond donors (Lipinski definition) is 6. The Kier molecular flexibility index (Phi) is 44.9. The topological polar surface area (TPSA) is 217 Å². The highest BCUT2D eigenvalue weighted by molar-refractivity contribution is 7.80. The van der Waals surface area contributed by atoms with Crippen LogP contribution in [0.25, 0.3) is 0 Å². The second-order valence-corrected chi connectivity index (χ2v) is 2.14. The maximum absolute atomic E-state index is 9.08. The van der Waals surface area contributed by atoms with Crippen molar-refractivity contribution in [2.24, 2.45) is 5.73 Å². The molecule has 0 radical (unpaired) electrons. The van der Waals surface area contributed by atoms with E-state index < -0.39 is 10.4 Å². The van der Waals surface area contributed by atoms with Gasteiger partial charge in [-0.2, -0.15) is 8.42 Å². The lowest BCUT2D eigenvalue weighted by molar-refractivity contribution is -0.139. The van der Waals surface area contributed by atoms with E-state index in [2.05, 4.69) is 10.9 Å². The zero-order valence-corrected chi connectivity index (χ0v) is 8.76. The Hall–Kier alpha value is -1.08. The fourth-order valence-corrected chi connectivity index (χ4v) is 0. The molecule has 0 aliphatic carbocycles. The van der Waals surface area contributed by atoms with Crippen molar-refractivity contribution in [3.8, 4) is 0 Å². The lowest BCUT2D eigenvalue weighted by Crippen LogP contribution is -1.97. The van der Waals surface area contributed by atoms with Crippen molar-refractivity contribution in [1.82, 2.24) is 12.3 Å². The molecule has 0 bridgehead atoms. The van der Waals surface area contributed by atoms with Crippen molar-refractivity contribution < 1.29 is 32.5 Å². The van der Waals surface area contributed by atoms with Gasteiger partial charge in [-0.25, -0.2) is 5.26 Å². The van der Waals surface area contributed by atoms with Crippen molar-refractivity contribution in [3.63, 3.8) is 0 Å². The minimum atomic E-state index is -4.61.